The van der Waals surface area contributed by atoms with Crippen LogP contribution in [0, 0.1) is 5.82 Å². The predicted molar refractivity (Wildman–Crippen MR) is 54.5 cm³/mol. The van der Waals surface area contributed by atoms with E-state index in [1.165, 1.54) is 6.07 Å². The van der Waals surface area contributed by atoms with Crippen LogP contribution in [0.3, 0.4) is 0 Å². The lowest BCUT2D eigenvalue weighted by Gasteiger charge is -2.00. The second kappa shape index (κ2) is 3.26. The first kappa shape index (κ1) is 9.49. The smallest absolute Gasteiger partial charge is 0.257 e. The molecule has 72 valence electrons. The molecule has 1 aromatic heterocycles. The minimum absolute atomic E-state index is 0.174. The highest BCUT2D eigenvalue weighted by Crippen LogP contribution is 2.23. The van der Waals surface area contributed by atoms with E-state index in [1.54, 1.807) is 0 Å². The van der Waals surface area contributed by atoms with Gasteiger partial charge in [0.15, 0.2) is 0 Å². The maximum atomic E-state index is 12.9. The monoisotopic (exact) mass is 231 g/mol. The Morgan fingerprint density at radius 2 is 1.86 bits per heavy atom. The van der Waals surface area contributed by atoms with Crippen molar-refractivity contribution in [3.8, 4) is 0 Å². The van der Waals surface area contributed by atoms with Gasteiger partial charge in [0.05, 0.1) is 10.4 Å². The highest BCUT2D eigenvalue weighted by molar-refractivity contribution is 6.36. The summed E-state index contributed by atoms with van der Waals surface area (Å²) in [6.45, 7) is 0. The van der Waals surface area contributed by atoms with Gasteiger partial charge in [0, 0.05) is 5.39 Å². The molecule has 0 aliphatic carbocycles. The summed E-state index contributed by atoms with van der Waals surface area (Å²) in [6, 6.07) is 3.75. The van der Waals surface area contributed by atoms with E-state index in [2.05, 4.69) is 4.98 Å². The van der Waals surface area contributed by atoms with Crippen molar-refractivity contribution in [3.63, 3.8) is 0 Å². The number of hydrogen-bond donors (Lipinski definition) is 1. The van der Waals surface area contributed by atoms with Crippen LogP contribution >= 0.6 is 23.2 Å². The minimum atomic E-state index is -0.546. The molecule has 14 heavy (non-hydrogen) atoms. The molecule has 0 aliphatic rings. The number of hydrogen-bond acceptors (Lipinski definition) is 1. The van der Waals surface area contributed by atoms with Crippen molar-refractivity contribution < 1.29 is 4.39 Å². The normalized spacial score (nSPS) is 10.8. The highest BCUT2D eigenvalue weighted by atomic mass is 35.5. The van der Waals surface area contributed by atoms with Gasteiger partial charge in [0.1, 0.15) is 11.0 Å². The molecule has 1 aromatic carbocycles. The standard InChI is InChI=1S/C9H4Cl2FNO/c10-7-2-4(12)1-6-5(7)3-8(11)13-9(6)14/h1-3H,(H,13,14). The quantitative estimate of drug-likeness (QED) is 0.696. The summed E-state index contributed by atoms with van der Waals surface area (Å²) in [6.07, 6.45) is 0. The molecule has 0 atom stereocenters. The van der Waals surface area contributed by atoms with Crippen molar-refractivity contribution in [2.75, 3.05) is 0 Å². The molecule has 2 aromatic rings. The first-order valence-electron chi connectivity index (χ1n) is 3.75. The van der Waals surface area contributed by atoms with Crippen LogP contribution in [-0.2, 0) is 0 Å². The van der Waals surface area contributed by atoms with E-state index in [9.17, 15) is 9.18 Å². The van der Waals surface area contributed by atoms with E-state index in [0.29, 0.717) is 5.39 Å². The van der Waals surface area contributed by atoms with Crippen LogP contribution in [0.25, 0.3) is 10.8 Å². The SMILES string of the molecule is O=c1[nH]c(Cl)cc2c(Cl)cc(F)cc12. The lowest BCUT2D eigenvalue weighted by Crippen LogP contribution is -2.06. The van der Waals surface area contributed by atoms with E-state index in [-0.39, 0.29) is 15.6 Å². The Labute approximate surface area is 88.3 Å². The number of halogens is 3. The van der Waals surface area contributed by atoms with Gasteiger partial charge in [-0.3, -0.25) is 4.79 Å². The maximum Gasteiger partial charge on any atom is 0.257 e. The first-order valence-corrected chi connectivity index (χ1v) is 4.51. The van der Waals surface area contributed by atoms with Gasteiger partial charge in [-0.2, -0.15) is 0 Å². The van der Waals surface area contributed by atoms with Crippen molar-refractivity contribution in [1.82, 2.24) is 4.98 Å². The summed E-state index contributed by atoms with van der Waals surface area (Å²) >= 11 is 11.4. The van der Waals surface area contributed by atoms with Crippen molar-refractivity contribution in [2.45, 2.75) is 0 Å². The largest absolute Gasteiger partial charge is 0.312 e. The Bertz CT molecular complexity index is 564. The van der Waals surface area contributed by atoms with E-state index in [1.807, 2.05) is 0 Å². The fourth-order valence-electron chi connectivity index (χ4n) is 1.26. The molecule has 1 N–H and O–H groups in total. The van der Waals surface area contributed by atoms with Crippen molar-refractivity contribution in [2.24, 2.45) is 0 Å². The van der Waals surface area contributed by atoms with Gasteiger partial charge in [0.25, 0.3) is 5.56 Å². The van der Waals surface area contributed by atoms with Crippen LogP contribution in [0.1, 0.15) is 0 Å². The lowest BCUT2D eigenvalue weighted by atomic mass is 10.2. The molecule has 0 spiro atoms. The van der Waals surface area contributed by atoms with E-state index >= 15 is 0 Å². The summed E-state index contributed by atoms with van der Waals surface area (Å²) in [5.74, 6) is -0.546. The molecule has 2 nitrogen and oxygen atoms in total. The number of aromatic nitrogens is 1. The molecule has 1 heterocycles. The zero-order chi connectivity index (χ0) is 10.3. The Hall–Kier alpha value is -1.06. The number of aromatic amines is 1. The predicted octanol–water partition coefficient (Wildman–Crippen LogP) is 2.97. The molecule has 0 saturated heterocycles. The molecule has 0 aliphatic heterocycles. The summed E-state index contributed by atoms with van der Waals surface area (Å²) < 4.78 is 12.9. The van der Waals surface area contributed by atoms with E-state index in [0.717, 1.165) is 12.1 Å². The zero-order valence-corrected chi connectivity index (χ0v) is 8.29. The molecule has 0 amide bonds. The maximum absolute atomic E-state index is 12.9. The van der Waals surface area contributed by atoms with Crippen LogP contribution in [0.5, 0.6) is 0 Å². The first-order chi connectivity index (χ1) is 6.58. The third-order valence-electron chi connectivity index (χ3n) is 1.84. The Morgan fingerprint density at radius 1 is 1.14 bits per heavy atom. The van der Waals surface area contributed by atoms with Crippen LogP contribution in [-0.4, -0.2) is 4.98 Å². The van der Waals surface area contributed by atoms with Gasteiger partial charge >= 0.3 is 0 Å². The topological polar surface area (TPSA) is 32.9 Å². The van der Waals surface area contributed by atoms with Gasteiger partial charge in [0.2, 0.25) is 0 Å². The second-order valence-electron chi connectivity index (χ2n) is 2.80. The fraction of sp³-hybridized carbons (Fsp3) is 0. The van der Waals surface area contributed by atoms with Crippen molar-refractivity contribution >= 4 is 34.0 Å². The van der Waals surface area contributed by atoms with Crippen LogP contribution < -0.4 is 5.56 Å². The van der Waals surface area contributed by atoms with Gasteiger partial charge in [-0.25, -0.2) is 4.39 Å². The summed E-state index contributed by atoms with van der Waals surface area (Å²) in [7, 11) is 0. The summed E-state index contributed by atoms with van der Waals surface area (Å²) in [5.41, 5.74) is -0.450. The van der Waals surface area contributed by atoms with Crippen molar-refractivity contribution in [3.05, 3.63) is 44.5 Å². The van der Waals surface area contributed by atoms with Crippen LogP contribution in [0.2, 0.25) is 10.2 Å². The molecule has 0 unspecified atom stereocenters. The number of pyridine rings is 1. The van der Waals surface area contributed by atoms with Gasteiger partial charge in [-0.1, -0.05) is 23.2 Å². The molecule has 0 bridgehead atoms. The lowest BCUT2D eigenvalue weighted by molar-refractivity contribution is 0.629. The third-order valence-corrected chi connectivity index (χ3v) is 2.36. The minimum Gasteiger partial charge on any atom is -0.312 e. The zero-order valence-electron chi connectivity index (χ0n) is 6.77. The highest BCUT2D eigenvalue weighted by Gasteiger charge is 2.06. The molecular weight excluding hydrogens is 228 g/mol. The number of nitrogens with one attached hydrogen (secondary N) is 1. The van der Waals surface area contributed by atoms with Gasteiger partial charge in [-0.05, 0) is 18.2 Å². The number of rotatable bonds is 0. The summed E-state index contributed by atoms with van der Waals surface area (Å²) in [4.78, 5) is 13.7. The fourth-order valence-corrected chi connectivity index (χ4v) is 1.71. The second-order valence-corrected chi connectivity index (χ2v) is 3.61. The molecule has 2 rings (SSSR count). The average Bonchev–Trinajstić information content (AvgIpc) is 2.07. The molecule has 0 radical (unpaired) electrons. The molecular formula is C9H4Cl2FNO. The van der Waals surface area contributed by atoms with Crippen LogP contribution in [0.4, 0.5) is 4.39 Å². The molecule has 0 fully saturated rings. The van der Waals surface area contributed by atoms with Crippen molar-refractivity contribution in [1.29, 1.82) is 0 Å². The average molecular weight is 232 g/mol. The van der Waals surface area contributed by atoms with Crippen LogP contribution in [0.15, 0.2) is 23.0 Å². The number of H-pyrrole nitrogens is 1. The molecule has 5 heteroatoms. The van der Waals surface area contributed by atoms with E-state index in [4.69, 9.17) is 23.2 Å². The Kier molecular flexibility index (Phi) is 2.21. The van der Waals surface area contributed by atoms with E-state index < -0.39 is 11.4 Å². The summed E-state index contributed by atoms with van der Waals surface area (Å²) in [5, 5.41) is 0.991. The third kappa shape index (κ3) is 1.49. The Balaban J connectivity index is 3.02. The molecule has 0 saturated carbocycles. The number of benzene rings is 1. The van der Waals surface area contributed by atoms with Gasteiger partial charge in [-0.15, -0.1) is 0 Å². The van der Waals surface area contributed by atoms with Gasteiger partial charge < -0.3 is 4.98 Å². The number of fused-ring (bicyclic) bond motifs is 1. The Morgan fingerprint density at radius 3 is 2.57 bits per heavy atom.